The van der Waals surface area contributed by atoms with Gasteiger partial charge >= 0.3 is 0 Å². The average molecular weight is 505 g/mol. The third-order valence-electron chi connectivity index (χ3n) is 3.88. The molecule has 28 heavy (non-hydrogen) atoms. The van der Waals surface area contributed by atoms with E-state index >= 15 is 0 Å². The second-order valence-corrected chi connectivity index (χ2v) is 5.99. The van der Waals surface area contributed by atoms with Crippen molar-refractivity contribution in [1.82, 2.24) is 15.1 Å². The predicted octanol–water partition coefficient (Wildman–Crippen LogP) is 1.43. The topological polar surface area (TPSA) is 100 Å². The lowest BCUT2D eigenvalue weighted by Crippen LogP contribution is -2.45. The van der Waals surface area contributed by atoms with Crippen molar-refractivity contribution in [3.8, 4) is 5.75 Å². The fourth-order valence-corrected chi connectivity index (χ4v) is 2.48. The first-order valence-corrected chi connectivity index (χ1v) is 9.18. The third kappa shape index (κ3) is 9.25. The van der Waals surface area contributed by atoms with Crippen molar-refractivity contribution >= 4 is 41.8 Å². The molecule has 2 amide bonds. The smallest absolute Gasteiger partial charge is 0.255 e. The Morgan fingerprint density at radius 1 is 1.21 bits per heavy atom. The van der Waals surface area contributed by atoms with E-state index in [0.29, 0.717) is 37.9 Å². The van der Waals surface area contributed by atoms with Gasteiger partial charge in [0.1, 0.15) is 5.75 Å². The van der Waals surface area contributed by atoms with Gasteiger partial charge in [0.25, 0.3) is 5.91 Å². The Morgan fingerprint density at radius 3 is 2.46 bits per heavy atom. The van der Waals surface area contributed by atoms with Crippen LogP contribution in [-0.2, 0) is 16.1 Å². The van der Waals surface area contributed by atoms with E-state index in [-0.39, 0.29) is 43.0 Å². The summed E-state index contributed by atoms with van der Waals surface area (Å²) < 4.78 is 5.31. The summed E-state index contributed by atoms with van der Waals surface area (Å²) in [5.74, 6) is 0.764. The van der Waals surface area contributed by atoms with Crippen LogP contribution < -0.4 is 15.8 Å². The standard InChI is InChI=1S/C19H31N5O3.HI/c1-5-21-19(23(4)13-18(26)24(6-2)7-3)22-12-15-9-8-10-16(11-15)27-14-17(20)25;/h8-11H,5-7,12-14H2,1-4H3,(H2,20,25)(H,21,22);1H. The number of nitrogens with two attached hydrogens (primary N) is 1. The van der Waals surface area contributed by atoms with Gasteiger partial charge in [-0.1, -0.05) is 12.1 Å². The zero-order valence-corrected chi connectivity index (χ0v) is 19.4. The molecular formula is C19H32IN5O3. The number of likely N-dealkylation sites (N-methyl/N-ethyl adjacent to an activating group) is 2. The molecule has 0 heterocycles. The summed E-state index contributed by atoms with van der Waals surface area (Å²) >= 11 is 0. The molecule has 0 radical (unpaired) electrons. The van der Waals surface area contributed by atoms with Crippen LogP contribution in [0.3, 0.4) is 0 Å². The number of halogens is 1. The minimum atomic E-state index is -0.521. The Hall–Kier alpha value is -2.04. The molecule has 0 bridgehead atoms. The molecule has 0 aliphatic rings. The average Bonchev–Trinajstić information content (AvgIpc) is 2.64. The number of rotatable bonds is 10. The number of hydrogen-bond acceptors (Lipinski definition) is 4. The van der Waals surface area contributed by atoms with Crippen LogP contribution in [0.25, 0.3) is 0 Å². The van der Waals surface area contributed by atoms with Crippen LogP contribution in [-0.4, -0.2) is 67.4 Å². The summed E-state index contributed by atoms with van der Waals surface area (Å²) in [6.45, 7) is 8.50. The number of hydrogen-bond donors (Lipinski definition) is 2. The van der Waals surface area contributed by atoms with Crippen LogP contribution >= 0.6 is 24.0 Å². The fourth-order valence-electron chi connectivity index (χ4n) is 2.48. The van der Waals surface area contributed by atoms with Crippen molar-refractivity contribution in [1.29, 1.82) is 0 Å². The number of nitrogens with zero attached hydrogens (tertiary/aromatic N) is 3. The van der Waals surface area contributed by atoms with Crippen LogP contribution in [0, 0.1) is 0 Å². The molecule has 8 nitrogen and oxygen atoms in total. The van der Waals surface area contributed by atoms with E-state index in [1.54, 1.807) is 11.0 Å². The van der Waals surface area contributed by atoms with Gasteiger partial charge in [-0.05, 0) is 38.5 Å². The van der Waals surface area contributed by atoms with Gasteiger partial charge in [-0.15, -0.1) is 24.0 Å². The van der Waals surface area contributed by atoms with Gasteiger partial charge in [-0.3, -0.25) is 9.59 Å². The molecule has 9 heteroatoms. The lowest BCUT2D eigenvalue weighted by molar-refractivity contribution is -0.131. The lowest BCUT2D eigenvalue weighted by atomic mass is 10.2. The molecular weight excluding hydrogens is 473 g/mol. The van der Waals surface area contributed by atoms with E-state index in [0.717, 1.165) is 5.56 Å². The van der Waals surface area contributed by atoms with E-state index in [4.69, 9.17) is 10.5 Å². The molecule has 0 atom stereocenters. The maximum Gasteiger partial charge on any atom is 0.255 e. The second kappa shape index (κ2) is 14.0. The molecule has 3 N–H and O–H groups in total. The van der Waals surface area contributed by atoms with Crippen LogP contribution in [0.1, 0.15) is 26.3 Å². The molecule has 158 valence electrons. The van der Waals surface area contributed by atoms with Crippen molar-refractivity contribution < 1.29 is 14.3 Å². The molecule has 1 aromatic carbocycles. The Morgan fingerprint density at radius 2 is 1.89 bits per heavy atom. The number of guanidine groups is 1. The van der Waals surface area contributed by atoms with Crippen molar-refractivity contribution in [2.75, 3.05) is 39.8 Å². The van der Waals surface area contributed by atoms with Crippen LogP contribution in [0.5, 0.6) is 5.75 Å². The number of carbonyl (C=O) groups excluding carboxylic acids is 2. The molecule has 0 saturated heterocycles. The minimum absolute atomic E-state index is 0. The number of nitrogens with one attached hydrogen (secondary N) is 1. The molecule has 0 aliphatic heterocycles. The first kappa shape index (κ1) is 26.0. The third-order valence-corrected chi connectivity index (χ3v) is 3.88. The maximum absolute atomic E-state index is 12.3. The molecule has 1 aromatic rings. The molecule has 0 aliphatic carbocycles. The first-order valence-electron chi connectivity index (χ1n) is 9.18. The number of carbonyl (C=O) groups is 2. The van der Waals surface area contributed by atoms with E-state index in [2.05, 4.69) is 10.3 Å². The van der Waals surface area contributed by atoms with E-state index in [9.17, 15) is 9.59 Å². The normalized spacial score (nSPS) is 10.6. The summed E-state index contributed by atoms with van der Waals surface area (Å²) in [6, 6.07) is 7.33. The highest BCUT2D eigenvalue weighted by molar-refractivity contribution is 14.0. The number of ether oxygens (including phenoxy) is 1. The van der Waals surface area contributed by atoms with Crippen molar-refractivity contribution in [3.05, 3.63) is 29.8 Å². The summed E-state index contributed by atoms with van der Waals surface area (Å²) in [6.07, 6.45) is 0. The first-order chi connectivity index (χ1) is 12.9. The lowest BCUT2D eigenvalue weighted by Gasteiger charge is -2.25. The van der Waals surface area contributed by atoms with Gasteiger partial charge in [-0.25, -0.2) is 4.99 Å². The highest BCUT2D eigenvalue weighted by atomic mass is 127. The van der Waals surface area contributed by atoms with Gasteiger partial charge in [0, 0.05) is 26.7 Å². The van der Waals surface area contributed by atoms with Crippen LogP contribution in [0.15, 0.2) is 29.3 Å². The predicted molar refractivity (Wildman–Crippen MR) is 122 cm³/mol. The van der Waals surface area contributed by atoms with Gasteiger partial charge in [-0.2, -0.15) is 0 Å². The summed E-state index contributed by atoms with van der Waals surface area (Å²) in [7, 11) is 1.84. The number of amides is 2. The van der Waals surface area contributed by atoms with Gasteiger partial charge in [0.15, 0.2) is 12.6 Å². The quantitative estimate of drug-likeness (QED) is 0.285. The van der Waals surface area contributed by atoms with Gasteiger partial charge in [0.05, 0.1) is 13.1 Å². The molecule has 1 rings (SSSR count). The zero-order chi connectivity index (χ0) is 20.2. The molecule has 0 unspecified atom stereocenters. The van der Waals surface area contributed by atoms with Crippen molar-refractivity contribution in [2.45, 2.75) is 27.3 Å². The van der Waals surface area contributed by atoms with Crippen LogP contribution in [0.2, 0.25) is 0 Å². The minimum Gasteiger partial charge on any atom is -0.484 e. The maximum atomic E-state index is 12.3. The second-order valence-electron chi connectivity index (χ2n) is 5.99. The Kier molecular flexibility index (Phi) is 13.0. The van der Waals surface area contributed by atoms with E-state index in [1.165, 1.54) is 0 Å². The Labute approximate surface area is 184 Å². The highest BCUT2D eigenvalue weighted by Gasteiger charge is 2.15. The monoisotopic (exact) mass is 505 g/mol. The van der Waals surface area contributed by atoms with Crippen LogP contribution in [0.4, 0.5) is 0 Å². The molecule has 0 spiro atoms. The summed E-state index contributed by atoms with van der Waals surface area (Å²) in [5, 5.41) is 3.20. The number of primary amides is 1. The Balaban J connectivity index is 0.00000729. The fraction of sp³-hybridized carbons (Fsp3) is 0.526. The van der Waals surface area contributed by atoms with E-state index in [1.807, 2.05) is 50.9 Å². The van der Waals surface area contributed by atoms with Gasteiger partial charge < -0.3 is 25.6 Å². The molecule has 0 saturated carbocycles. The van der Waals surface area contributed by atoms with Gasteiger partial charge in [0.2, 0.25) is 5.91 Å². The summed E-state index contributed by atoms with van der Waals surface area (Å²) in [5.41, 5.74) is 6.02. The zero-order valence-electron chi connectivity index (χ0n) is 17.1. The molecule has 0 aromatic heterocycles. The van der Waals surface area contributed by atoms with Crippen molar-refractivity contribution in [3.63, 3.8) is 0 Å². The Bertz CT molecular complexity index is 650. The molecule has 0 fully saturated rings. The number of aliphatic imine (C=N–C) groups is 1. The highest BCUT2D eigenvalue weighted by Crippen LogP contribution is 2.14. The number of benzene rings is 1. The SMILES string of the molecule is CCNC(=NCc1cccc(OCC(N)=O)c1)N(C)CC(=O)N(CC)CC.I. The summed E-state index contributed by atoms with van der Waals surface area (Å²) in [4.78, 5) is 31.4. The largest absolute Gasteiger partial charge is 0.484 e. The van der Waals surface area contributed by atoms with Crippen molar-refractivity contribution in [2.24, 2.45) is 10.7 Å². The van der Waals surface area contributed by atoms with E-state index < -0.39 is 5.91 Å².